The molecule has 1 aliphatic rings. The van der Waals surface area contributed by atoms with Crippen LogP contribution in [0, 0.1) is 12.8 Å². The fourth-order valence-electron chi connectivity index (χ4n) is 1.76. The Balaban J connectivity index is 2.41. The molecule has 1 atom stereocenters. The number of ketones is 1. The molecule has 0 aliphatic carbocycles. The topological polar surface area (TPSA) is 55.1 Å². The maximum absolute atomic E-state index is 11.8. The first-order valence-corrected chi connectivity index (χ1v) is 4.81. The molecule has 1 aromatic carbocycles. The van der Waals surface area contributed by atoms with Crippen molar-refractivity contribution in [1.82, 2.24) is 0 Å². The zero-order valence-corrected chi connectivity index (χ0v) is 8.21. The Bertz CT molecular complexity index is 374. The van der Waals surface area contributed by atoms with E-state index in [9.17, 15) is 4.79 Å². The number of anilines is 1. The molecule has 1 aliphatic heterocycles. The minimum absolute atomic E-state index is 0.0646. The van der Waals surface area contributed by atoms with Crippen LogP contribution >= 0.6 is 0 Å². The van der Waals surface area contributed by atoms with Crippen LogP contribution in [0.1, 0.15) is 15.9 Å². The van der Waals surface area contributed by atoms with Crippen LogP contribution in [-0.2, 0) is 0 Å². The predicted octanol–water partition coefficient (Wildman–Crippen LogP) is 1.18. The molecule has 74 valence electrons. The second-order valence-electron chi connectivity index (χ2n) is 3.73. The lowest BCUT2D eigenvalue weighted by molar-refractivity contribution is 0.0926. The third-order valence-electron chi connectivity index (χ3n) is 2.63. The molecule has 3 N–H and O–H groups in total. The number of hydrogen-bond donors (Lipinski definition) is 2. The summed E-state index contributed by atoms with van der Waals surface area (Å²) >= 11 is 0. The van der Waals surface area contributed by atoms with E-state index in [4.69, 9.17) is 5.73 Å². The molecule has 1 heterocycles. The number of benzene rings is 1. The minimum Gasteiger partial charge on any atom is -0.384 e. The first-order chi connectivity index (χ1) is 6.72. The number of rotatable bonds is 1. The summed E-state index contributed by atoms with van der Waals surface area (Å²) in [5, 5.41) is 3.23. The molecular weight excluding hydrogens is 176 g/mol. The van der Waals surface area contributed by atoms with Gasteiger partial charge in [0.05, 0.1) is 5.92 Å². The van der Waals surface area contributed by atoms with E-state index >= 15 is 0 Å². The average molecular weight is 190 g/mol. The molecule has 0 radical (unpaired) electrons. The molecule has 1 unspecified atom stereocenters. The van der Waals surface area contributed by atoms with Crippen LogP contribution in [0.4, 0.5) is 5.69 Å². The van der Waals surface area contributed by atoms with Gasteiger partial charge < -0.3 is 11.1 Å². The van der Waals surface area contributed by atoms with E-state index in [-0.39, 0.29) is 11.7 Å². The van der Waals surface area contributed by atoms with Crippen molar-refractivity contribution < 1.29 is 4.79 Å². The first kappa shape index (κ1) is 9.21. The van der Waals surface area contributed by atoms with Crippen molar-refractivity contribution in [2.24, 2.45) is 11.7 Å². The zero-order chi connectivity index (χ0) is 10.1. The lowest BCUT2D eigenvalue weighted by atomic mass is 9.92. The quantitative estimate of drug-likeness (QED) is 0.699. The van der Waals surface area contributed by atoms with Crippen molar-refractivity contribution in [3.05, 3.63) is 29.3 Å². The van der Waals surface area contributed by atoms with E-state index in [1.165, 1.54) is 0 Å². The van der Waals surface area contributed by atoms with E-state index in [1.54, 1.807) is 0 Å². The Morgan fingerprint density at radius 3 is 3.07 bits per heavy atom. The third-order valence-corrected chi connectivity index (χ3v) is 2.63. The monoisotopic (exact) mass is 190 g/mol. The van der Waals surface area contributed by atoms with E-state index in [1.807, 2.05) is 25.1 Å². The van der Waals surface area contributed by atoms with Gasteiger partial charge in [-0.1, -0.05) is 6.07 Å². The Kier molecular flexibility index (Phi) is 2.25. The lowest BCUT2D eigenvalue weighted by Crippen LogP contribution is -2.34. The molecule has 3 nitrogen and oxygen atoms in total. The summed E-state index contributed by atoms with van der Waals surface area (Å²) in [5.74, 6) is 0.103. The molecule has 2 rings (SSSR count). The van der Waals surface area contributed by atoms with Gasteiger partial charge >= 0.3 is 0 Å². The van der Waals surface area contributed by atoms with Crippen molar-refractivity contribution in [3.8, 4) is 0 Å². The van der Waals surface area contributed by atoms with Crippen molar-refractivity contribution in [3.63, 3.8) is 0 Å². The highest BCUT2D eigenvalue weighted by Gasteiger charge is 2.25. The molecular formula is C11H14N2O. The van der Waals surface area contributed by atoms with Crippen LogP contribution in [0.5, 0.6) is 0 Å². The predicted molar refractivity (Wildman–Crippen MR) is 56.5 cm³/mol. The second-order valence-corrected chi connectivity index (χ2v) is 3.73. The molecule has 0 fully saturated rings. The number of carbonyl (C=O) groups is 1. The Morgan fingerprint density at radius 2 is 2.36 bits per heavy atom. The van der Waals surface area contributed by atoms with Crippen LogP contribution in [0.2, 0.25) is 0 Å². The van der Waals surface area contributed by atoms with Crippen LogP contribution in [0.15, 0.2) is 18.2 Å². The minimum atomic E-state index is -0.0646. The second kappa shape index (κ2) is 3.42. The van der Waals surface area contributed by atoms with Crippen molar-refractivity contribution in [2.45, 2.75) is 6.92 Å². The van der Waals surface area contributed by atoms with Crippen molar-refractivity contribution in [2.75, 3.05) is 18.4 Å². The van der Waals surface area contributed by atoms with Crippen LogP contribution < -0.4 is 11.1 Å². The third kappa shape index (κ3) is 1.40. The van der Waals surface area contributed by atoms with Gasteiger partial charge in [0.15, 0.2) is 5.78 Å². The smallest absolute Gasteiger partial charge is 0.171 e. The summed E-state index contributed by atoms with van der Waals surface area (Å²) < 4.78 is 0. The summed E-state index contributed by atoms with van der Waals surface area (Å²) in [4.78, 5) is 11.8. The first-order valence-electron chi connectivity index (χ1n) is 4.81. The van der Waals surface area contributed by atoms with Crippen LogP contribution in [-0.4, -0.2) is 18.9 Å². The van der Waals surface area contributed by atoms with Crippen LogP contribution in [0.3, 0.4) is 0 Å². The Hall–Kier alpha value is -1.35. The van der Waals surface area contributed by atoms with Crippen molar-refractivity contribution >= 4 is 11.5 Å². The van der Waals surface area contributed by atoms with E-state index in [0.29, 0.717) is 13.1 Å². The number of Topliss-reactive ketones (excluding diaryl/α,β-unsaturated/α-hetero) is 1. The molecule has 0 aromatic heterocycles. The highest BCUT2D eigenvalue weighted by molar-refractivity contribution is 6.04. The summed E-state index contributed by atoms with van der Waals surface area (Å²) in [6.07, 6.45) is 0. The molecule has 0 saturated heterocycles. The lowest BCUT2D eigenvalue weighted by Gasteiger charge is -2.24. The highest BCUT2D eigenvalue weighted by Crippen LogP contribution is 2.25. The van der Waals surface area contributed by atoms with E-state index < -0.39 is 0 Å². The highest BCUT2D eigenvalue weighted by atomic mass is 16.1. The van der Waals surface area contributed by atoms with Gasteiger partial charge in [0.25, 0.3) is 0 Å². The van der Waals surface area contributed by atoms with Gasteiger partial charge in [-0.2, -0.15) is 0 Å². The van der Waals surface area contributed by atoms with Gasteiger partial charge in [-0.15, -0.1) is 0 Å². The number of nitrogens with two attached hydrogens (primary N) is 1. The van der Waals surface area contributed by atoms with Gasteiger partial charge in [0, 0.05) is 24.3 Å². The summed E-state index contributed by atoms with van der Waals surface area (Å²) in [7, 11) is 0. The van der Waals surface area contributed by atoms with Gasteiger partial charge in [-0.25, -0.2) is 0 Å². The number of nitrogens with one attached hydrogen (secondary N) is 1. The SMILES string of the molecule is Cc1ccc2c(c1)NCC(CN)C2=O. The number of fused-ring (bicyclic) bond motifs is 1. The fourth-order valence-corrected chi connectivity index (χ4v) is 1.76. The molecule has 3 heteroatoms. The van der Waals surface area contributed by atoms with E-state index in [0.717, 1.165) is 16.8 Å². The number of hydrogen-bond acceptors (Lipinski definition) is 3. The zero-order valence-electron chi connectivity index (χ0n) is 8.21. The van der Waals surface area contributed by atoms with Gasteiger partial charge in [0.1, 0.15) is 0 Å². The number of aryl methyl sites for hydroxylation is 1. The molecule has 0 bridgehead atoms. The molecule has 0 amide bonds. The van der Waals surface area contributed by atoms with Crippen LogP contribution in [0.25, 0.3) is 0 Å². The maximum Gasteiger partial charge on any atom is 0.171 e. The molecule has 14 heavy (non-hydrogen) atoms. The van der Waals surface area contributed by atoms with Crippen molar-refractivity contribution in [1.29, 1.82) is 0 Å². The van der Waals surface area contributed by atoms with Gasteiger partial charge in [-0.3, -0.25) is 4.79 Å². The Labute approximate surface area is 83.3 Å². The van der Waals surface area contributed by atoms with Gasteiger partial charge in [-0.05, 0) is 24.6 Å². The van der Waals surface area contributed by atoms with Gasteiger partial charge in [0.2, 0.25) is 0 Å². The molecule has 1 aromatic rings. The molecule has 0 spiro atoms. The van der Waals surface area contributed by atoms with E-state index in [2.05, 4.69) is 5.32 Å². The summed E-state index contributed by atoms with van der Waals surface area (Å²) in [5.41, 5.74) is 8.40. The maximum atomic E-state index is 11.8. The summed E-state index contributed by atoms with van der Waals surface area (Å²) in [6.45, 7) is 3.09. The largest absolute Gasteiger partial charge is 0.384 e. The molecule has 0 saturated carbocycles. The Morgan fingerprint density at radius 1 is 1.57 bits per heavy atom. The average Bonchev–Trinajstić information content (AvgIpc) is 2.18. The summed E-state index contributed by atoms with van der Waals surface area (Å²) in [6, 6.07) is 5.83. The normalized spacial score (nSPS) is 20.1. The standard InChI is InChI=1S/C11H14N2O/c1-7-2-3-9-10(4-7)13-6-8(5-12)11(9)14/h2-4,8,13H,5-6,12H2,1H3. The fraction of sp³-hybridized carbons (Fsp3) is 0.364. The number of carbonyl (C=O) groups excluding carboxylic acids is 1.